The van der Waals surface area contributed by atoms with Crippen molar-refractivity contribution in [1.82, 2.24) is 4.90 Å². The topological polar surface area (TPSA) is 80.1 Å². The van der Waals surface area contributed by atoms with Crippen molar-refractivity contribution in [3.63, 3.8) is 0 Å². The second kappa shape index (κ2) is 7.15. The number of para-hydroxylation sites is 2. The summed E-state index contributed by atoms with van der Waals surface area (Å²) in [6.07, 6.45) is 3.10. The molecule has 0 bridgehead atoms. The molecule has 0 radical (unpaired) electrons. The molecule has 166 valence electrons. The van der Waals surface area contributed by atoms with E-state index in [1.165, 1.54) is 4.90 Å². The first kappa shape index (κ1) is 19.9. The summed E-state index contributed by atoms with van der Waals surface area (Å²) in [6.45, 7) is 4.86. The minimum atomic E-state index is -1.59. The summed E-state index contributed by atoms with van der Waals surface area (Å²) in [5, 5.41) is 0.342. The van der Waals surface area contributed by atoms with E-state index in [1.54, 1.807) is 35.2 Å². The number of carbonyl (C=O) groups is 2. The van der Waals surface area contributed by atoms with Crippen LogP contribution in [0, 0.1) is 0 Å². The lowest BCUT2D eigenvalue weighted by atomic mass is 9.83. The summed E-state index contributed by atoms with van der Waals surface area (Å²) in [5.74, 6) is -0.886. The van der Waals surface area contributed by atoms with Crippen LogP contribution in [0.5, 0.6) is 0 Å². The minimum absolute atomic E-state index is 0.0692. The van der Waals surface area contributed by atoms with E-state index < -0.39 is 11.4 Å². The van der Waals surface area contributed by atoms with Crippen LogP contribution in [-0.2, 0) is 15.1 Å². The van der Waals surface area contributed by atoms with Crippen LogP contribution in [0.3, 0.4) is 0 Å². The molecule has 0 N–H and O–H groups in total. The van der Waals surface area contributed by atoms with Gasteiger partial charge >= 0.3 is 0 Å². The zero-order chi connectivity index (χ0) is 22.7. The first-order chi connectivity index (χ1) is 16.1. The Hall–Kier alpha value is -3.71. The molecule has 7 nitrogen and oxygen atoms in total. The van der Waals surface area contributed by atoms with E-state index in [1.807, 2.05) is 24.3 Å². The Bertz CT molecular complexity index is 1390. The van der Waals surface area contributed by atoms with Gasteiger partial charge < -0.3 is 19.0 Å². The number of benzene rings is 2. The normalized spacial score (nSPS) is 23.6. The van der Waals surface area contributed by atoms with Crippen LogP contribution in [0.15, 0.2) is 70.4 Å². The van der Waals surface area contributed by atoms with Gasteiger partial charge in [0.15, 0.2) is 11.0 Å². The molecule has 4 heterocycles. The van der Waals surface area contributed by atoms with Crippen LogP contribution in [0.2, 0.25) is 0 Å². The van der Waals surface area contributed by atoms with Crippen molar-refractivity contribution in [3.05, 3.63) is 88.3 Å². The number of ether oxygens (including phenoxy) is 1. The Morgan fingerprint density at radius 2 is 1.88 bits per heavy atom. The molecule has 3 aliphatic heterocycles. The molecular formula is C26H22N2O5. The second-order valence-electron chi connectivity index (χ2n) is 8.61. The van der Waals surface area contributed by atoms with E-state index in [0.29, 0.717) is 28.8 Å². The fourth-order valence-electron chi connectivity index (χ4n) is 5.49. The molecule has 7 heteroatoms. The predicted octanol–water partition coefficient (Wildman–Crippen LogP) is 3.20. The predicted molar refractivity (Wildman–Crippen MR) is 122 cm³/mol. The number of fused-ring (bicyclic) bond motifs is 5. The highest BCUT2D eigenvalue weighted by Crippen LogP contribution is 2.52. The van der Waals surface area contributed by atoms with Gasteiger partial charge in [0, 0.05) is 25.3 Å². The van der Waals surface area contributed by atoms with E-state index in [-0.39, 0.29) is 41.9 Å². The third kappa shape index (κ3) is 2.51. The standard InChI is InChI=1S/C26H22N2O5/c1-2-13-27-19-11-5-4-10-18(19)26(25(27)31)21-22(29)17-9-3-6-12-20(17)33-23(21)24(30)28(26)15-16-8-7-14-32-16/h2-6,9-12,16H,1,7-8,13-15H2/t16-,26+/m1/s1. The molecular weight excluding hydrogens is 420 g/mol. The number of rotatable bonds is 4. The summed E-state index contributed by atoms with van der Waals surface area (Å²) in [6, 6.07) is 14.1. The van der Waals surface area contributed by atoms with Gasteiger partial charge in [0.1, 0.15) is 5.58 Å². The minimum Gasteiger partial charge on any atom is -0.450 e. The molecule has 1 saturated heterocycles. The van der Waals surface area contributed by atoms with Gasteiger partial charge in [-0.25, -0.2) is 0 Å². The van der Waals surface area contributed by atoms with Crippen molar-refractivity contribution in [3.8, 4) is 0 Å². The van der Waals surface area contributed by atoms with Crippen LogP contribution in [0.1, 0.15) is 34.5 Å². The lowest BCUT2D eigenvalue weighted by molar-refractivity contribution is -0.126. The average molecular weight is 442 g/mol. The van der Waals surface area contributed by atoms with Gasteiger partial charge in [-0.3, -0.25) is 14.4 Å². The van der Waals surface area contributed by atoms with Crippen molar-refractivity contribution in [2.24, 2.45) is 0 Å². The number of hydrogen-bond donors (Lipinski definition) is 0. The highest BCUT2D eigenvalue weighted by molar-refractivity contribution is 6.17. The summed E-state index contributed by atoms with van der Waals surface area (Å²) in [5.41, 5.74) is -0.280. The third-order valence-electron chi connectivity index (χ3n) is 6.87. The molecule has 1 aromatic heterocycles. The Kier molecular flexibility index (Phi) is 4.32. The Balaban J connectivity index is 1.69. The maximum absolute atomic E-state index is 14.2. The maximum atomic E-state index is 14.2. The SMILES string of the molecule is C=CCN1C(=O)[C@]2(c3ccccc31)c1c(oc3ccccc3c1=O)C(=O)N2C[C@H]1CCCO1. The van der Waals surface area contributed by atoms with Crippen LogP contribution < -0.4 is 10.3 Å². The highest BCUT2D eigenvalue weighted by atomic mass is 16.5. The molecule has 2 amide bonds. The van der Waals surface area contributed by atoms with Gasteiger partial charge in [-0.15, -0.1) is 6.58 Å². The number of carbonyl (C=O) groups excluding carboxylic acids is 2. The first-order valence-electron chi connectivity index (χ1n) is 11.1. The Morgan fingerprint density at radius 1 is 1.09 bits per heavy atom. The van der Waals surface area contributed by atoms with Crippen LogP contribution in [0.25, 0.3) is 11.0 Å². The summed E-state index contributed by atoms with van der Waals surface area (Å²) < 4.78 is 11.8. The van der Waals surface area contributed by atoms with Crippen LogP contribution >= 0.6 is 0 Å². The van der Waals surface area contributed by atoms with Gasteiger partial charge in [0.05, 0.1) is 22.7 Å². The lowest BCUT2D eigenvalue weighted by Gasteiger charge is -2.35. The molecule has 0 saturated carbocycles. The molecule has 2 atom stereocenters. The number of nitrogens with zero attached hydrogens (tertiary/aromatic N) is 2. The second-order valence-corrected chi connectivity index (χ2v) is 8.61. The van der Waals surface area contributed by atoms with E-state index in [9.17, 15) is 14.4 Å². The van der Waals surface area contributed by atoms with Gasteiger partial charge in [-0.05, 0) is 31.0 Å². The van der Waals surface area contributed by atoms with E-state index in [4.69, 9.17) is 9.15 Å². The van der Waals surface area contributed by atoms with Crippen LogP contribution in [0.4, 0.5) is 5.69 Å². The smallest absolute Gasteiger partial charge is 0.291 e. The highest BCUT2D eigenvalue weighted by Gasteiger charge is 2.65. The molecule has 3 aliphatic rings. The molecule has 3 aromatic rings. The molecule has 0 aliphatic carbocycles. The van der Waals surface area contributed by atoms with Crippen LogP contribution in [-0.4, -0.2) is 42.5 Å². The van der Waals surface area contributed by atoms with Gasteiger partial charge in [0.25, 0.3) is 11.8 Å². The van der Waals surface area contributed by atoms with Crippen molar-refractivity contribution < 1.29 is 18.7 Å². The quantitative estimate of drug-likeness (QED) is 0.580. The Labute approximate surface area is 189 Å². The molecule has 1 fully saturated rings. The molecule has 33 heavy (non-hydrogen) atoms. The summed E-state index contributed by atoms with van der Waals surface area (Å²) >= 11 is 0. The number of anilines is 1. The van der Waals surface area contributed by atoms with Crippen molar-refractivity contribution in [2.45, 2.75) is 24.5 Å². The molecule has 0 unspecified atom stereocenters. The Morgan fingerprint density at radius 3 is 2.67 bits per heavy atom. The fraction of sp³-hybridized carbons (Fsp3) is 0.269. The summed E-state index contributed by atoms with van der Waals surface area (Å²) in [7, 11) is 0. The third-order valence-corrected chi connectivity index (χ3v) is 6.87. The average Bonchev–Trinajstić information content (AvgIpc) is 3.49. The fourth-order valence-corrected chi connectivity index (χ4v) is 5.49. The van der Waals surface area contributed by atoms with E-state index in [2.05, 4.69) is 6.58 Å². The number of amides is 2. The van der Waals surface area contributed by atoms with Crippen molar-refractivity contribution in [2.75, 3.05) is 24.6 Å². The summed E-state index contributed by atoms with van der Waals surface area (Å²) in [4.78, 5) is 45.0. The van der Waals surface area contributed by atoms with Crippen molar-refractivity contribution in [1.29, 1.82) is 0 Å². The van der Waals surface area contributed by atoms with Gasteiger partial charge in [-0.2, -0.15) is 0 Å². The monoisotopic (exact) mass is 442 g/mol. The molecule has 2 aromatic carbocycles. The van der Waals surface area contributed by atoms with E-state index in [0.717, 1.165) is 12.8 Å². The van der Waals surface area contributed by atoms with Crippen molar-refractivity contribution >= 4 is 28.5 Å². The maximum Gasteiger partial charge on any atom is 0.291 e. The lowest BCUT2D eigenvalue weighted by Crippen LogP contribution is -2.55. The van der Waals surface area contributed by atoms with E-state index >= 15 is 0 Å². The molecule has 1 spiro atoms. The zero-order valence-electron chi connectivity index (χ0n) is 18.0. The largest absolute Gasteiger partial charge is 0.450 e. The zero-order valence-corrected chi connectivity index (χ0v) is 18.0. The molecule has 6 rings (SSSR count). The van der Waals surface area contributed by atoms with Gasteiger partial charge in [-0.1, -0.05) is 36.4 Å². The van der Waals surface area contributed by atoms with Gasteiger partial charge in [0.2, 0.25) is 5.76 Å². The first-order valence-corrected chi connectivity index (χ1v) is 11.1. The number of hydrogen-bond acceptors (Lipinski definition) is 5.